The molecule has 162 valence electrons. The molecule has 0 bridgehead atoms. The Labute approximate surface area is 183 Å². The zero-order chi connectivity index (χ0) is 23.0. The number of carbonyl (C=O) groups is 2. The van der Waals surface area contributed by atoms with Crippen LogP contribution < -0.4 is 5.32 Å². The fourth-order valence-corrected chi connectivity index (χ4v) is 3.92. The fourth-order valence-electron chi connectivity index (χ4n) is 3.92. The highest BCUT2D eigenvalue weighted by Crippen LogP contribution is 2.37. The van der Waals surface area contributed by atoms with Crippen molar-refractivity contribution in [1.29, 1.82) is 0 Å². The first-order chi connectivity index (χ1) is 15.2. The summed E-state index contributed by atoms with van der Waals surface area (Å²) in [7, 11) is 0. The third-order valence-corrected chi connectivity index (χ3v) is 5.50. The van der Waals surface area contributed by atoms with E-state index >= 15 is 0 Å². The number of halogens is 1. The summed E-state index contributed by atoms with van der Waals surface area (Å²) in [4.78, 5) is 38.4. The number of nitro benzene ring substituents is 1. The Bertz CT molecular complexity index is 1240. The van der Waals surface area contributed by atoms with E-state index in [9.17, 15) is 24.1 Å². The first kappa shape index (κ1) is 21.2. The van der Waals surface area contributed by atoms with E-state index < -0.39 is 28.6 Å². The lowest BCUT2D eigenvalue weighted by Gasteiger charge is -2.31. The number of fused-ring (bicyclic) bond motifs is 1. The van der Waals surface area contributed by atoms with E-state index in [0.29, 0.717) is 22.4 Å². The maximum Gasteiger partial charge on any atom is 0.273 e. The SMILES string of the molecule is Cc1ccc2c(c1)C(c1ccc(F)cc1)N(C(=O)c1ccc(C)c([N+](=O)[O-])c1)CC(=O)N2. The van der Waals surface area contributed by atoms with Crippen molar-refractivity contribution in [3.8, 4) is 0 Å². The first-order valence-electron chi connectivity index (χ1n) is 9.96. The number of rotatable bonds is 3. The van der Waals surface area contributed by atoms with Crippen LogP contribution in [-0.2, 0) is 4.79 Å². The van der Waals surface area contributed by atoms with E-state index in [2.05, 4.69) is 5.32 Å². The highest BCUT2D eigenvalue weighted by atomic mass is 19.1. The number of hydrogen-bond donors (Lipinski definition) is 1. The second-order valence-electron chi connectivity index (χ2n) is 7.78. The van der Waals surface area contributed by atoms with Gasteiger partial charge in [-0.3, -0.25) is 19.7 Å². The molecule has 4 rings (SSSR count). The number of nitrogens with zero attached hydrogens (tertiary/aromatic N) is 2. The minimum absolute atomic E-state index is 0.0957. The molecule has 1 unspecified atom stereocenters. The van der Waals surface area contributed by atoms with Gasteiger partial charge in [0, 0.05) is 28.4 Å². The van der Waals surface area contributed by atoms with Crippen LogP contribution in [0.15, 0.2) is 60.7 Å². The zero-order valence-electron chi connectivity index (χ0n) is 17.5. The largest absolute Gasteiger partial charge is 0.324 e. The van der Waals surface area contributed by atoms with Crippen LogP contribution in [0.3, 0.4) is 0 Å². The standard InChI is InChI=1S/C24H20FN3O4/c1-14-3-10-20-19(11-14)23(16-6-8-18(25)9-7-16)27(13-22(29)26-20)24(30)17-5-4-15(2)21(12-17)28(31)32/h3-12,23H,13H2,1-2H3,(H,26,29). The summed E-state index contributed by atoms with van der Waals surface area (Å²) in [5.74, 6) is -1.35. The van der Waals surface area contributed by atoms with Gasteiger partial charge in [-0.25, -0.2) is 4.39 Å². The van der Waals surface area contributed by atoms with Crippen LogP contribution in [0.2, 0.25) is 0 Å². The Hall–Kier alpha value is -4.07. The van der Waals surface area contributed by atoms with Crippen molar-refractivity contribution in [2.24, 2.45) is 0 Å². The Morgan fingerprint density at radius 2 is 1.81 bits per heavy atom. The van der Waals surface area contributed by atoms with Crippen molar-refractivity contribution >= 4 is 23.2 Å². The van der Waals surface area contributed by atoms with Crippen molar-refractivity contribution in [3.05, 3.63) is 104 Å². The monoisotopic (exact) mass is 433 g/mol. The normalized spacial score (nSPS) is 15.5. The van der Waals surface area contributed by atoms with Gasteiger partial charge in [0.2, 0.25) is 5.91 Å². The van der Waals surface area contributed by atoms with Gasteiger partial charge in [0.1, 0.15) is 12.4 Å². The molecule has 1 atom stereocenters. The summed E-state index contributed by atoms with van der Waals surface area (Å²) in [6, 6.07) is 14.8. The van der Waals surface area contributed by atoms with Crippen LogP contribution in [0.1, 0.15) is 38.7 Å². The topological polar surface area (TPSA) is 92.6 Å². The van der Waals surface area contributed by atoms with Crippen molar-refractivity contribution < 1.29 is 18.9 Å². The molecule has 8 heteroatoms. The average Bonchev–Trinajstić information content (AvgIpc) is 2.89. The van der Waals surface area contributed by atoms with E-state index in [1.165, 1.54) is 35.2 Å². The first-order valence-corrected chi connectivity index (χ1v) is 9.96. The fraction of sp³-hybridized carbons (Fsp3) is 0.167. The molecule has 0 saturated heterocycles. The van der Waals surface area contributed by atoms with E-state index in [1.54, 1.807) is 25.1 Å². The predicted octanol–water partition coefficient (Wildman–Crippen LogP) is 4.53. The zero-order valence-corrected chi connectivity index (χ0v) is 17.5. The number of anilines is 1. The predicted molar refractivity (Wildman–Crippen MR) is 117 cm³/mol. The van der Waals surface area contributed by atoms with E-state index in [0.717, 1.165) is 5.56 Å². The lowest BCUT2D eigenvalue weighted by molar-refractivity contribution is -0.385. The Balaban J connectivity index is 1.89. The molecule has 0 saturated carbocycles. The quantitative estimate of drug-likeness (QED) is 0.485. The van der Waals surface area contributed by atoms with Gasteiger partial charge in [-0.1, -0.05) is 35.9 Å². The molecular weight excluding hydrogens is 413 g/mol. The molecule has 0 radical (unpaired) electrons. The van der Waals surface area contributed by atoms with E-state index in [-0.39, 0.29) is 17.8 Å². The molecule has 1 heterocycles. The number of amides is 2. The molecule has 7 nitrogen and oxygen atoms in total. The second kappa shape index (κ2) is 8.22. The second-order valence-corrected chi connectivity index (χ2v) is 7.78. The molecule has 1 aliphatic rings. The van der Waals surface area contributed by atoms with Gasteiger partial charge >= 0.3 is 0 Å². The lowest BCUT2D eigenvalue weighted by atomic mass is 9.94. The van der Waals surface area contributed by atoms with Crippen LogP contribution in [0, 0.1) is 29.8 Å². The number of carbonyl (C=O) groups excluding carboxylic acids is 2. The maximum absolute atomic E-state index is 13.6. The number of nitrogens with one attached hydrogen (secondary N) is 1. The minimum atomic E-state index is -0.697. The molecule has 1 N–H and O–H groups in total. The van der Waals surface area contributed by atoms with E-state index in [1.807, 2.05) is 19.1 Å². The molecule has 1 aliphatic heterocycles. The number of nitro groups is 1. The van der Waals surface area contributed by atoms with Crippen LogP contribution in [0.25, 0.3) is 0 Å². The summed E-state index contributed by atoms with van der Waals surface area (Å²) in [5.41, 5.74) is 3.12. The van der Waals surface area contributed by atoms with Crippen molar-refractivity contribution in [2.75, 3.05) is 11.9 Å². The Kier molecular flexibility index (Phi) is 5.44. The maximum atomic E-state index is 13.6. The third-order valence-electron chi connectivity index (χ3n) is 5.50. The molecule has 0 fully saturated rings. The lowest BCUT2D eigenvalue weighted by Crippen LogP contribution is -2.39. The van der Waals surface area contributed by atoms with Crippen LogP contribution >= 0.6 is 0 Å². The van der Waals surface area contributed by atoms with Crippen molar-refractivity contribution in [2.45, 2.75) is 19.9 Å². The molecule has 0 aliphatic carbocycles. The number of hydrogen-bond acceptors (Lipinski definition) is 4. The number of aryl methyl sites for hydroxylation is 2. The van der Waals surface area contributed by atoms with Gasteiger partial charge in [0.15, 0.2) is 0 Å². The summed E-state index contributed by atoms with van der Waals surface area (Å²) < 4.78 is 13.6. The smallest absolute Gasteiger partial charge is 0.273 e. The molecule has 3 aromatic carbocycles. The molecule has 3 aromatic rings. The summed E-state index contributed by atoms with van der Waals surface area (Å²) >= 11 is 0. The molecule has 0 spiro atoms. The van der Waals surface area contributed by atoms with Gasteiger partial charge < -0.3 is 10.2 Å². The average molecular weight is 433 g/mol. The highest BCUT2D eigenvalue weighted by Gasteiger charge is 2.34. The molecule has 2 amide bonds. The van der Waals surface area contributed by atoms with Crippen molar-refractivity contribution in [3.63, 3.8) is 0 Å². The Morgan fingerprint density at radius 1 is 1.09 bits per heavy atom. The molecule has 0 aromatic heterocycles. The van der Waals surface area contributed by atoms with Gasteiger partial charge in [0.25, 0.3) is 11.6 Å². The number of benzene rings is 3. The van der Waals surface area contributed by atoms with E-state index in [4.69, 9.17) is 0 Å². The van der Waals surface area contributed by atoms with Crippen LogP contribution in [-0.4, -0.2) is 28.2 Å². The molecule has 32 heavy (non-hydrogen) atoms. The minimum Gasteiger partial charge on any atom is -0.324 e. The summed E-state index contributed by atoms with van der Waals surface area (Å²) in [6.45, 7) is 3.21. The van der Waals surface area contributed by atoms with Gasteiger partial charge in [0.05, 0.1) is 11.0 Å². The van der Waals surface area contributed by atoms with Crippen molar-refractivity contribution in [1.82, 2.24) is 4.90 Å². The van der Waals surface area contributed by atoms with Gasteiger partial charge in [-0.15, -0.1) is 0 Å². The molecular formula is C24H20FN3O4. The third kappa shape index (κ3) is 3.94. The highest BCUT2D eigenvalue weighted by molar-refractivity contribution is 6.01. The summed E-state index contributed by atoms with van der Waals surface area (Å²) in [5, 5.41) is 14.2. The van der Waals surface area contributed by atoms with Gasteiger partial charge in [-0.05, 0) is 43.7 Å². The summed E-state index contributed by atoms with van der Waals surface area (Å²) in [6.07, 6.45) is 0. The van der Waals surface area contributed by atoms with Crippen LogP contribution in [0.4, 0.5) is 15.8 Å². The Morgan fingerprint density at radius 3 is 2.50 bits per heavy atom. The van der Waals surface area contributed by atoms with Crippen LogP contribution in [0.5, 0.6) is 0 Å². The van der Waals surface area contributed by atoms with Gasteiger partial charge in [-0.2, -0.15) is 0 Å².